The largest absolute Gasteiger partial charge is 0.490 e. The van der Waals surface area contributed by atoms with Crippen molar-refractivity contribution in [2.75, 3.05) is 25.6 Å². The Hall–Kier alpha value is -1.25. The predicted molar refractivity (Wildman–Crippen MR) is 61.3 cm³/mol. The lowest BCUT2D eigenvalue weighted by molar-refractivity contribution is 0.112. The molecule has 0 spiro atoms. The normalized spacial score (nSPS) is 9.81. The lowest BCUT2D eigenvalue weighted by Gasteiger charge is -2.08. The summed E-state index contributed by atoms with van der Waals surface area (Å²) in [6.07, 6.45) is 0. The molecule has 0 aliphatic carbocycles. The van der Waals surface area contributed by atoms with E-state index in [0.717, 1.165) is 0 Å². The number of nitrogens with zero attached hydrogens (tertiary/aromatic N) is 1. The fourth-order valence-electron chi connectivity index (χ4n) is 1.11. The summed E-state index contributed by atoms with van der Waals surface area (Å²) in [4.78, 5) is 0. The van der Waals surface area contributed by atoms with E-state index in [9.17, 15) is 4.39 Å². The van der Waals surface area contributed by atoms with Crippen LogP contribution in [0.5, 0.6) is 5.75 Å². The summed E-state index contributed by atoms with van der Waals surface area (Å²) in [5.74, 6) is 0.317. The maximum atomic E-state index is 13.1. The Kier molecular flexibility index (Phi) is 5.68. The highest BCUT2D eigenvalue weighted by atomic mass is 32.1. The average Bonchev–Trinajstić information content (AvgIpc) is 2.29. The molecule has 3 nitrogen and oxygen atoms in total. The fraction of sp³-hybridized carbons (Fsp3) is 0.364. The summed E-state index contributed by atoms with van der Waals surface area (Å²) in [6.45, 7) is 1.22. The molecule has 0 fully saturated rings. The van der Waals surface area contributed by atoms with Crippen LogP contribution in [0.3, 0.4) is 0 Å². The lowest BCUT2D eigenvalue weighted by Crippen LogP contribution is -2.09. The molecular weight excluding hydrogens is 229 g/mol. The Morgan fingerprint density at radius 2 is 2.12 bits per heavy atom. The van der Waals surface area contributed by atoms with Gasteiger partial charge in [0.1, 0.15) is 29.8 Å². The Bertz CT molecular complexity index is 379. The first-order chi connectivity index (χ1) is 7.79. The first-order valence-corrected chi connectivity index (χ1v) is 5.43. The highest BCUT2D eigenvalue weighted by Crippen LogP contribution is 2.19. The monoisotopic (exact) mass is 241 g/mol. The first kappa shape index (κ1) is 12.8. The third-order valence-electron chi connectivity index (χ3n) is 1.81. The van der Waals surface area contributed by atoms with Crippen LogP contribution in [-0.2, 0) is 4.74 Å². The number of halogens is 1. The van der Waals surface area contributed by atoms with Crippen molar-refractivity contribution in [2.24, 2.45) is 0 Å². The van der Waals surface area contributed by atoms with Crippen molar-refractivity contribution in [1.29, 1.82) is 5.26 Å². The second-order valence-electron chi connectivity index (χ2n) is 2.91. The summed E-state index contributed by atoms with van der Waals surface area (Å²) < 4.78 is 23.5. The van der Waals surface area contributed by atoms with Crippen molar-refractivity contribution in [3.8, 4) is 11.8 Å². The SMILES string of the molecule is N#Cc1c(F)cccc1OCCOCCS. The van der Waals surface area contributed by atoms with Crippen molar-refractivity contribution in [3.63, 3.8) is 0 Å². The fourth-order valence-corrected chi connectivity index (χ4v) is 1.24. The maximum Gasteiger partial charge on any atom is 0.144 e. The van der Waals surface area contributed by atoms with Crippen molar-refractivity contribution in [3.05, 3.63) is 29.6 Å². The molecule has 1 rings (SSSR count). The summed E-state index contributed by atoms with van der Waals surface area (Å²) >= 11 is 3.98. The van der Waals surface area contributed by atoms with Crippen LogP contribution in [0.15, 0.2) is 18.2 Å². The Labute approximate surface area is 99.2 Å². The average molecular weight is 241 g/mol. The zero-order valence-electron chi connectivity index (χ0n) is 8.65. The van der Waals surface area contributed by atoms with Gasteiger partial charge in [-0.2, -0.15) is 17.9 Å². The number of thiol groups is 1. The van der Waals surface area contributed by atoms with E-state index < -0.39 is 5.82 Å². The third kappa shape index (κ3) is 3.72. The van der Waals surface area contributed by atoms with Gasteiger partial charge in [-0.05, 0) is 12.1 Å². The number of nitriles is 1. The van der Waals surface area contributed by atoms with Crippen LogP contribution in [0.25, 0.3) is 0 Å². The predicted octanol–water partition coefficient (Wildman–Crippen LogP) is 2.02. The summed E-state index contributed by atoms with van der Waals surface area (Å²) in [5, 5.41) is 8.73. The topological polar surface area (TPSA) is 42.2 Å². The van der Waals surface area contributed by atoms with Gasteiger partial charge in [0.05, 0.1) is 13.2 Å². The highest BCUT2D eigenvalue weighted by Gasteiger charge is 2.08. The third-order valence-corrected chi connectivity index (χ3v) is 1.99. The molecule has 0 aromatic heterocycles. The van der Waals surface area contributed by atoms with Crippen molar-refractivity contribution < 1.29 is 13.9 Å². The Balaban J connectivity index is 2.48. The highest BCUT2D eigenvalue weighted by molar-refractivity contribution is 7.80. The molecule has 1 aromatic carbocycles. The van der Waals surface area contributed by atoms with E-state index >= 15 is 0 Å². The molecule has 0 heterocycles. The molecule has 0 saturated carbocycles. The first-order valence-electron chi connectivity index (χ1n) is 4.79. The Morgan fingerprint density at radius 3 is 2.81 bits per heavy atom. The quantitative estimate of drug-likeness (QED) is 0.612. The standard InChI is InChI=1S/C11H12FNO2S/c12-10-2-1-3-11(9(10)8-13)15-5-4-14-6-7-16/h1-3,16H,4-7H2. The molecule has 0 aliphatic rings. The van der Waals surface area contributed by atoms with E-state index in [1.807, 2.05) is 0 Å². The molecule has 0 N–H and O–H groups in total. The maximum absolute atomic E-state index is 13.1. The molecule has 5 heteroatoms. The molecule has 0 bridgehead atoms. The molecular formula is C11H12FNO2S. The molecule has 0 unspecified atom stereocenters. The van der Waals surface area contributed by atoms with Gasteiger partial charge in [-0.25, -0.2) is 4.39 Å². The second kappa shape index (κ2) is 7.09. The zero-order valence-corrected chi connectivity index (χ0v) is 9.54. The van der Waals surface area contributed by atoms with E-state index in [2.05, 4.69) is 12.6 Å². The molecule has 16 heavy (non-hydrogen) atoms. The number of rotatable bonds is 6. The lowest BCUT2D eigenvalue weighted by atomic mass is 10.2. The van der Waals surface area contributed by atoms with Gasteiger partial charge in [0.25, 0.3) is 0 Å². The Morgan fingerprint density at radius 1 is 1.31 bits per heavy atom. The minimum absolute atomic E-state index is 0.0725. The van der Waals surface area contributed by atoms with Gasteiger partial charge in [0.15, 0.2) is 0 Å². The molecule has 0 radical (unpaired) electrons. The number of hydrogen-bond acceptors (Lipinski definition) is 4. The minimum Gasteiger partial charge on any atom is -0.490 e. The van der Waals surface area contributed by atoms with Gasteiger partial charge < -0.3 is 9.47 Å². The summed E-state index contributed by atoms with van der Waals surface area (Å²) in [6, 6.07) is 6.04. The van der Waals surface area contributed by atoms with Gasteiger partial charge in [-0.15, -0.1) is 0 Å². The van der Waals surface area contributed by atoms with Gasteiger partial charge in [0.2, 0.25) is 0 Å². The summed E-state index contributed by atoms with van der Waals surface area (Å²) in [7, 11) is 0. The van der Waals surface area contributed by atoms with Crippen LogP contribution >= 0.6 is 12.6 Å². The molecule has 1 aromatic rings. The van der Waals surface area contributed by atoms with E-state index in [4.69, 9.17) is 14.7 Å². The summed E-state index contributed by atoms with van der Waals surface area (Å²) in [5.41, 5.74) is -0.0725. The van der Waals surface area contributed by atoms with Gasteiger partial charge in [-0.3, -0.25) is 0 Å². The second-order valence-corrected chi connectivity index (χ2v) is 3.36. The van der Waals surface area contributed by atoms with Crippen molar-refractivity contribution >= 4 is 12.6 Å². The van der Waals surface area contributed by atoms with E-state index in [-0.39, 0.29) is 17.9 Å². The molecule has 0 saturated heterocycles. The number of benzene rings is 1. The van der Waals surface area contributed by atoms with Crippen LogP contribution in [0.4, 0.5) is 4.39 Å². The van der Waals surface area contributed by atoms with Crippen LogP contribution in [-0.4, -0.2) is 25.6 Å². The van der Waals surface area contributed by atoms with Crippen LogP contribution in [0.1, 0.15) is 5.56 Å². The van der Waals surface area contributed by atoms with Gasteiger partial charge in [0, 0.05) is 5.75 Å². The number of hydrogen-bond donors (Lipinski definition) is 1. The van der Waals surface area contributed by atoms with Crippen LogP contribution in [0.2, 0.25) is 0 Å². The van der Waals surface area contributed by atoms with Crippen molar-refractivity contribution in [2.45, 2.75) is 0 Å². The van der Waals surface area contributed by atoms with Gasteiger partial charge in [-0.1, -0.05) is 6.07 Å². The van der Waals surface area contributed by atoms with Crippen molar-refractivity contribution in [1.82, 2.24) is 0 Å². The molecule has 86 valence electrons. The van der Waals surface area contributed by atoms with Crippen LogP contribution in [0, 0.1) is 17.1 Å². The smallest absolute Gasteiger partial charge is 0.144 e. The number of ether oxygens (including phenoxy) is 2. The van der Waals surface area contributed by atoms with Gasteiger partial charge >= 0.3 is 0 Å². The van der Waals surface area contributed by atoms with E-state index in [0.29, 0.717) is 19.0 Å². The minimum atomic E-state index is -0.573. The molecule has 0 atom stereocenters. The van der Waals surface area contributed by atoms with Crippen LogP contribution < -0.4 is 4.74 Å². The zero-order chi connectivity index (χ0) is 11.8. The van der Waals surface area contributed by atoms with E-state index in [1.165, 1.54) is 12.1 Å². The molecule has 0 aliphatic heterocycles. The molecule has 0 amide bonds. The van der Waals surface area contributed by atoms with E-state index in [1.54, 1.807) is 12.1 Å².